The minimum atomic E-state index is -3.37. The van der Waals surface area contributed by atoms with Gasteiger partial charge >= 0.3 is 0 Å². The first kappa shape index (κ1) is 14.3. The van der Waals surface area contributed by atoms with E-state index in [-0.39, 0.29) is 0 Å². The van der Waals surface area contributed by atoms with Crippen LogP contribution in [0.3, 0.4) is 0 Å². The Hall–Kier alpha value is -1.08. The summed E-state index contributed by atoms with van der Waals surface area (Å²) in [5, 5.41) is 7.01. The number of rotatable bonds is 7. The second-order valence-electron chi connectivity index (χ2n) is 5.16. The first-order chi connectivity index (χ1) is 8.92. The number of hydrogen-bond donors (Lipinski definition) is 2. The van der Waals surface area contributed by atoms with Crippen molar-refractivity contribution >= 4 is 15.7 Å². The first-order valence-corrected chi connectivity index (χ1v) is 8.24. The molecule has 0 saturated heterocycles. The first-order valence-electron chi connectivity index (χ1n) is 6.70. The molecule has 0 aromatic carbocycles. The lowest BCUT2D eigenvalue weighted by Gasteiger charge is -2.15. The third-order valence-electron chi connectivity index (χ3n) is 3.29. The van der Waals surface area contributed by atoms with Crippen molar-refractivity contribution in [1.82, 2.24) is 15.1 Å². The van der Waals surface area contributed by atoms with Gasteiger partial charge in [-0.3, -0.25) is 9.40 Å². The minimum absolute atomic E-state index is 0.460. The van der Waals surface area contributed by atoms with Crippen LogP contribution in [-0.4, -0.2) is 36.0 Å². The molecule has 0 aliphatic heterocycles. The fourth-order valence-corrected chi connectivity index (χ4v) is 2.86. The van der Waals surface area contributed by atoms with Crippen LogP contribution >= 0.6 is 0 Å². The molecule has 0 amide bonds. The van der Waals surface area contributed by atoms with Gasteiger partial charge in [-0.15, -0.1) is 0 Å². The molecule has 6 nitrogen and oxygen atoms in total. The van der Waals surface area contributed by atoms with Gasteiger partial charge in [-0.25, -0.2) is 8.42 Å². The maximum Gasteiger partial charge on any atom is 0.236 e. The van der Waals surface area contributed by atoms with Gasteiger partial charge in [0.15, 0.2) is 0 Å². The van der Waals surface area contributed by atoms with E-state index in [1.165, 1.54) is 0 Å². The fourth-order valence-electron chi connectivity index (χ4n) is 1.86. The van der Waals surface area contributed by atoms with Crippen LogP contribution in [-0.2, 0) is 23.5 Å². The van der Waals surface area contributed by atoms with Crippen molar-refractivity contribution in [3.63, 3.8) is 0 Å². The lowest BCUT2D eigenvalue weighted by atomic mass is 10.3. The van der Waals surface area contributed by atoms with E-state index in [9.17, 15) is 8.42 Å². The summed E-state index contributed by atoms with van der Waals surface area (Å²) < 4.78 is 28.7. The molecule has 0 radical (unpaired) electrons. The summed E-state index contributed by atoms with van der Waals surface area (Å²) in [5.74, 6) is 0. The van der Waals surface area contributed by atoms with Gasteiger partial charge in [-0.1, -0.05) is 6.92 Å². The van der Waals surface area contributed by atoms with Crippen molar-refractivity contribution in [3.8, 4) is 0 Å². The fraction of sp³-hybridized carbons (Fsp3) is 0.750. The molecule has 1 atom stereocenters. The van der Waals surface area contributed by atoms with Crippen LogP contribution in [0.25, 0.3) is 0 Å². The van der Waals surface area contributed by atoms with Crippen molar-refractivity contribution in [2.24, 2.45) is 7.05 Å². The predicted molar refractivity (Wildman–Crippen MR) is 75.6 cm³/mol. The van der Waals surface area contributed by atoms with Crippen LogP contribution in [0.15, 0.2) is 6.20 Å². The van der Waals surface area contributed by atoms with Crippen LogP contribution in [0.4, 0.5) is 5.69 Å². The predicted octanol–water partition coefficient (Wildman–Crippen LogP) is 0.865. The zero-order chi connectivity index (χ0) is 14.0. The number of sulfonamides is 1. The lowest BCUT2D eigenvalue weighted by Crippen LogP contribution is -2.35. The average molecular weight is 286 g/mol. The maximum atomic E-state index is 12.2. The maximum absolute atomic E-state index is 12.2. The highest BCUT2D eigenvalue weighted by molar-refractivity contribution is 7.93. The topological polar surface area (TPSA) is 76.0 Å². The van der Waals surface area contributed by atoms with E-state index in [0.717, 1.165) is 18.5 Å². The summed E-state index contributed by atoms with van der Waals surface area (Å²) in [6, 6.07) is 0.516. The molecule has 2 N–H and O–H groups in total. The molecule has 1 aromatic rings. The SMILES string of the molecule is CCc1nn(C)cc1NS(=O)(=O)C(C)CNC1CC1. The Morgan fingerprint density at radius 3 is 2.79 bits per heavy atom. The molecular formula is C12H22N4O2S. The second kappa shape index (κ2) is 5.50. The third-order valence-corrected chi connectivity index (χ3v) is 5.02. The van der Waals surface area contributed by atoms with Gasteiger partial charge in [-0.05, 0) is 26.2 Å². The van der Waals surface area contributed by atoms with Crippen LogP contribution in [0.2, 0.25) is 0 Å². The Balaban J connectivity index is 2.01. The zero-order valence-corrected chi connectivity index (χ0v) is 12.5. The second-order valence-corrected chi connectivity index (χ2v) is 7.26. The highest BCUT2D eigenvalue weighted by Crippen LogP contribution is 2.20. The van der Waals surface area contributed by atoms with Crippen LogP contribution in [0.1, 0.15) is 32.4 Å². The summed E-state index contributed by atoms with van der Waals surface area (Å²) in [6.45, 7) is 4.17. The number of aryl methyl sites for hydroxylation is 2. The molecule has 7 heteroatoms. The van der Waals surface area contributed by atoms with Gasteiger partial charge in [-0.2, -0.15) is 5.10 Å². The molecule has 1 unspecified atom stereocenters. The molecule has 1 aromatic heterocycles. The molecule has 1 aliphatic carbocycles. The van der Waals surface area contributed by atoms with E-state index in [4.69, 9.17) is 0 Å². The Labute approximate surface area is 114 Å². The molecule has 108 valence electrons. The Bertz CT molecular complexity index is 534. The van der Waals surface area contributed by atoms with Gasteiger partial charge < -0.3 is 5.32 Å². The molecule has 19 heavy (non-hydrogen) atoms. The van der Waals surface area contributed by atoms with E-state index >= 15 is 0 Å². The number of anilines is 1. The summed E-state index contributed by atoms with van der Waals surface area (Å²) >= 11 is 0. The molecule has 0 spiro atoms. The third kappa shape index (κ3) is 3.70. The van der Waals surface area contributed by atoms with E-state index in [1.807, 2.05) is 6.92 Å². The number of hydrogen-bond acceptors (Lipinski definition) is 4. The van der Waals surface area contributed by atoms with E-state index in [0.29, 0.717) is 24.7 Å². The molecule has 1 aliphatic rings. The van der Waals surface area contributed by atoms with Crippen LogP contribution in [0, 0.1) is 0 Å². The number of nitrogens with zero attached hydrogens (tertiary/aromatic N) is 2. The Morgan fingerprint density at radius 1 is 1.53 bits per heavy atom. The molecule has 1 fully saturated rings. The minimum Gasteiger partial charge on any atom is -0.313 e. The molecular weight excluding hydrogens is 264 g/mol. The molecule has 2 rings (SSSR count). The van der Waals surface area contributed by atoms with Gasteiger partial charge in [0.25, 0.3) is 0 Å². The van der Waals surface area contributed by atoms with E-state index < -0.39 is 15.3 Å². The Kier molecular flexibility index (Phi) is 4.15. The number of aromatic nitrogens is 2. The summed E-state index contributed by atoms with van der Waals surface area (Å²) in [5.41, 5.74) is 1.36. The summed E-state index contributed by atoms with van der Waals surface area (Å²) in [6.07, 6.45) is 4.72. The van der Waals surface area contributed by atoms with Crippen molar-refractivity contribution in [2.75, 3.05) is 11.3 Å². The summed E-state index contributed by atoms with van der Waals surface area (Å²) in [7, 11) is -1.58. The smallest absolute Gasteiger partial charge is 0.236 e. The standard InChI is InChI=1S/C12H22N4O2S/c1-4-11-12(8-16(3)14-11)15-19(17,18)9(2)7-13-10-5-6-10/h8-10,13,15H,4-7H2,1-3H3. The van der Waals surface area contributed by atoms with E-state index in [2.05, 4.69) is 15.1 Å². The molecule has 0 bridgehead atoms. The van der Waals surface area contributed by atoms with Crippen LogP contribution in [0.5, 0.6) is 0 Å². The number of nitrogens with one attached hydrogen (secondary N) is 2. The largest absolute Gasteiger partial charge is 0.313 e. The normalized spacial score (nSPS) is 17.4. The monoisotopic (exact) mass is 286 g/mol. The van der Waals surface area contributed by atoms with Crippen molar-refractivity contribution < 1.29 is 8.42 Å². The lowest BCUT2D eigenvalue weighted by molar-refractivity contribution is 0.576. The van der Waals surface area contributed by atoms with Crippen molar-refractivity contribution in [2.45, 2.75) is 44.4 Å². The van der Waals surface area contributed by atoms with Crippen molar-refractivity contribution in [3.05, 3.63) is 11.9 Å². The molecule has 1 heterocycles. The molecule has 1 saturated carbocycles. The van der Waals surface area contributed by atoms with Gasteiger partial charge in [0, 0.05) is 25.8 Å². The summed E-state index contributed by atoms with van der Waals surface area (Å²) in [4.78, 5) is 0. The van der Waals surface area contributed by atoms with Crippen LogP contribution < -0.4 is 10.0 Å². The average Bonchev–Trinajstić information content (AvgIpc) is 3.10. The Morgan fingerprint density at radius 2 is 2.21 bits per heavy atom. The van der Waals surface area contributed by atoms with Gasteiger partial charge in [0.1, 0.15) is 0 Å². The van der Waals surface area contributed by atoms with E-state index in [1.54, 1.807) is 24.9 Å². The van der Waals surface area contributed by atoms with Gasteiger partial charge in [0.05, 0.1) is 16.6 Å². The highest BCUT2D eigenvalue weighted by Gasteiger charge is 2.26. The highest BCUT2D eigenvalue weighted by atomic mass is 32.2. The quantitative estimate of drug-likeness (QED) is 0.779. The van der Waals surface area contributed by atoms with Gasteiger partial charge in [0.2, 0.25) is 10.0 Å². The van der Waals surface area contributed by atoms with Crippen molar-refractivity contribution in [1.29, 1.82) is 0 Å². The zero-order valence-electron chi connectivity index (χ0n) is 11.7.